The number of aromatic hydroxyl groups is 1. The second-order valence-electron chi connectivity index (χ2n) is 8.10. The van der Waals surface area contributed by atoms with Crippen LogP contribution in [0.4, 0.5) is 0 Å². The number of aromatic carboxylic acids is 1. The lowest BCUT2D eigenvalue weighted by atomic mass is 10.1. The maximum Gasteiger partial charge on any atom is 0.339 e. The highest BCUT2D eigenvalue weighted by Gasteiger charge is 2.24. The van der Waals surface area contributed by atoms with Crippen LogP contribution in [0.3, 0.4) is 0 Å². The van der Waals surface area contributed by atoms with Gasteiger partial charge in [0.1, 0.15) is 17.1 Å². The zero-order valence-electron chi connectivity index (χ0n) is 20.2. The number of carboxylic acids is 2. The van der Waals surface area contributed by atoms with Crippen molar-refractivity contribution in [2.24, 2.45) is 0 Å². The average Bonchev–Trinajstić information content (AvgIpc) is 2.84. The molecule has 38 heavy (non-hydrogen) atoms. The second-order valence-corrected chi connectivity index (χ2v) is 11.0. The number of aliphatic carboxylic acids is 1. The van der Waals surface area contributed by atoms with Crippen molar-refractivity contribution in [3.63, 3.8) is 0 Å². The van der Waals surface area contributed by atoms with Crippen LogP contribution in [0.2, 0.25) is 0 Å². The molecular weight excluding hydrogens is 540 g/mol. The number of carbonyl (C=O) groups excluding carboxylic acids is 3. The zero-order chi connectivity index (χ0) is 28.5. The highest BCUT2D eigenvalue weighted by atomic mass is 32.2. The van der Waals surface area contributed by atoms with Gasteiger partial charge in [0, 0.05) is 24.3 Å². The molecule has 5 N–H and O–H groups in total. The standard InChI is InChI=1S/C24H26N2O10S2/c1-14(27)8-9-37-13-21(29)19(11-22(30)31)26-23(32)16-4-2-15(3-5-16)12-25-38(35,36)17-6-7-20(28)18(10-17)24(33)34/h2-7,10,19,25,28H,8-9,11-13H2,1H3,(H,26,32)(H,30,31)(H,33,34). The molecule has 0 spiro atoms. The molecule has 1 amide bonds. The summed E-state index contributed by atoms with van der Waals surface area (Å²) in [6.45, 7) is 1.22. The average molecular weight is 567 g/mol. The Morgan fingerprint density at radius 3 is 2.24 bits per heavy atom. The van der Waals surface area contributed by atoms with E-state index in [1.165, 1.54) is 43.0 Å². The van der Waals surface area contributed by atoms with Crippen LogP contribution in [0.15, 0.2) is 47.4 Å². The molecule has 2 aromatic carbocycles. The summed E-state index contributed by atoms with van der Waals surface area (Å²) in [5, 5.41) is 30.1. The maximum atomic E-state index is 12.6. The van der Waals surface area contributed by atoms with Crippen molar-refractivity contribution >= 4 is 51.2 Å². The van der Waals surface area contributed by atoms with E-state index in [0.29, 0.717) is 11.3 Å². The highest BCUT2D eigenvalue weighted by Crippen LogP contribution is 2.21. The number of carbonyl (C=O) groups is 5. The van der Waals surface area contributed by atoms with Crippen LogP contribution in [-0.2, 0) is 31.0 Å². The molecule has 0 saturated heterocycles. The van der Waals surface area contributed by atoms with Gasteiger partial charge in [0.15, 0.2) is 5.78 Å². The summed E-state index contributed by atoms with van der Waals surface area (Å²) in [5.74, 6) is -4.26. The van der Waals surface area contributed by atoms with E-state index in [2.05, 4.69) is 10.0 Å². The number of Topliss-reactive ketones (excluding diaryl/α,β-unsaturated/α-hetero) is 2. The van der Waals surface area contributed by atoms with E-state index in [0.717, 1.165) is 18.2 Å². The van der Waals surface area contributed by atoms with Crippen LogP contribution >= 0.6 is 11.8 Å². The molecular formula is C24H26N2O10S2. The number of amides is 1. The third-order valence-electron chi connectivity index (χ3n) is 5.11. The van der Waals surface area contributed by atoms with Gasteiger partial charge in [-0.15, -0.1) is 0 Å². The third-order valence-corrected chi connectivity index (χ3v) is 7.49. The smallest absolute Gasteiger partial charge is 0.339 e. The van der Waals surface area contributed by atoms with Gasteiger partial charge >= 0.3 is 11.9 Å². The van der Waals surface area contributed by atoms with Crippen molar-refractivity contribution in [3.05, 3.63) is 59.2 Å². The molecule has 1 unspecified atom stereocenters. The minimum atomic E-state index is -4.13. The van der Waals surface area contributed by atoms with E-state index in [9.17, 15) is 37.5 Å². The Kier molecular flexibility index (Phi) is 11.0. The minimum absolute atomic E-state index is 0.0377. The van der Waals surface area contributed by atoms with Crippen molar-refractivity contribution in [3.8, 4) is 5.75 Å². The van der Waals surface area contributed by atoms with Gasteiger partial charge in [-0.25, -0.2) is 17.9 Å². The van der Waals surface area contributed by atoms with Crippen molar-refractivity contribution in [2.45, 2.75) is 37.2 Å². The van der Waals surface area contributed by atoms with E-state index < -0.39 is 57.4 Å². The summed E-state index contributed by atoms with van der Waals surface area (Å²) in [6, 6.07) is 7.19. The molecule has 0 aliphatic heterocycles. The Morgan fingerprint density at radius 1 is 1.00 bits per heavy atom. The molecule has 0 aliphatic carbocycles. The summed E-state index contributed by atoms with van der Waals surface area (Å²) in [7, 11) is -4.13. The predicted octanol–water partition coefficient (Wildman–Crippen LogP) is 1.42. The summed E-state index contributed by atoms with van der Waals surface area (Å²) in [6.07, 6.45) is -0.340. The molecule has 0 aliphatic rings. The van der Waals surface area contributed by atoms with Gasteiger partial charge in [0.25, 0.3) is 5.91 Å². The second kappa shape index (κ2) is 13.7. The normalized spacial score (nSPS) is 11.9. The van der Waals surface area contributed by atoms with Gasteiger partial charge < -0.3 is 20.6 Å². The lowest BCUT2D eigenvalue weighted by Crippen LogP contribution is -2.43. The molecule has 1 atom stereocenters. The van der Waals surface area contributed by atoms with E-state index in [1.807, 2.05) is 0 Å². The van der Waals surface area contributed by atoms with E-state index in [4.69, 9.17) is 10.2 Å². The first-order valence-electron chi connectivity index (χ1n) is 11.1. The van der Waals surface area contributed by atoms with Crippen molar-refractivity contribution in [2.75, 3.05) is 11.5 Å². The number of rotatable bonds is 15. The molecule has 0 fully saturated rings. The first kappa shape index (κ1) is 30.5. The highest BCUT2D eigenvalue weighted by molar-refractivity contribution is 7.99. The van der Waals surface area contributed by atoms with Gasteiger partial charge in [0.2, 0.25) is 10.0 Å². The molecule has 0 saturated carbocycles. The first-order chi connectivity index (χ1) is 17.8. The number of hydrogen-bond donors (Lipinski definition) is 5. The minimum Gasteiger partial charge on any atom is -0.507 e. The summed E-state index contributed by atoms with van der Waals surface area (Å²) in [4.78, 5) is 58.0. The monoisotopic (exact) mass is 566 g/mol. The van der Waals surface area contributed by atoms with Gasteiger partial charge in [-0.1, -0.05) is 12.1 Å². The molecule has 12 nitrogen and oxygen atoms in total. The molecule has 204 valence electrons. The van der Waals surface area contributed by atoms with Crippen LogP contribution in [0.5, 0.6) is 5.75 Å². The number of ketones is 2. The third kappa shape index (κ3) is 9.28. The van der Waals surface area contributed by atoms with Crippen LogP contribution in [0.25, 0.3) is 0 Å². The van der Waals surface area contributed by atoms with Gasteiger partial charge in [-0.3, -0.25) is 19.2 Å². The van der Waals surface area contributed by atoms with Gasteiger partial charge in [-0.2, -0.15) is 11.8 Å². The van der Waals surface area contributed by atoms with Crippen LogP contribution in [-0.4, -0.2) is 70.7 Å². The lowest BCUT2D eigenvalue weighted by molar-refractivity contribution is -0.139. The summed E-state index contributed by atoms with van der Waals surface area (Å²) >= 11 is 1.17. The summed E-state index contributed by atoms with van der Waals surface area (Å²) < 4.78 is 27.3. The van der Waals surface area contributed by atoms with Crippen LogP contribution in [0.1, 0.15) is 46.0 Å². The lowest BCUT2D eigenvalue weighted by Gasteiger charge is -2.16. The molecule has 2 aromatic rings. The van der Waals surface area contributed by atoms with E-state index in [-0.39, 0.29) is 35.0 Å². The zero-order valence-corrected chi connectivity index (χ0v) is 21.8. The van der Waals surface area contributed by atoms with Crippen molar-refractivity contribution in [1.29, 1.82) is 0 Å². The number of benzene rings is 2. The fraction of sp³-hybridized carbons (Fsp3) is 0.292. The van der Waals surface area contributed by atoms with Crippen LogP contribution in [0, 0.1) is 0 Å². The molecule has 0 radical (unpaired) electrons. The van der Waals surface area contributed by atoms with Gasteiger partial charge in [0.05, 0.1) is 23.1 Å². The largest absolute Gasteiger partial charge is 0.507 e. The summed E-state index contributed by atoms with van der Waals surface area (Å²) in [5.41, 5.74) is -0.0198. The van der Waals surface area contributed by atoms with Crippen molar-refractivity contribution in [1.82, 2.24) is 10.0 Å². The number of thioether (sulfide) groups is 1. The molecule has 0 bridgehead atoms. The Hall–Kier alpha value is -3.75. The Labute approximate surface area is 222 Å². The predicted molar refractivity (Wildman–Crippen MR) is 137 cm³/mol. The quantitative estimate of drug-likeness (QED) is 0.195. The Balaban J connectivity index is 2.02. The molecule has 2 rings (SSSR count). The van der Waals surface area contributed by atoms with Crippen LogP contribution < -0.4 is 10.0 Å². The van der Waals surface area contributed by atoms with E-state index in [1.54, 1.807) is 0 Å². The van der Waals surface area contributed by atoms with Gasteiger partial charge in [-0.05, 0) is 42.8 Å². The first-order valence-corrected chi connectivity index (χ1v) is 13.7. The Bertz CT molecular complexity index is 1320. The number of hydrogen-bond acceptors (Lipinski definition) is 9. The number of phenols is 1. The molecule has 0 aromatic heterocycles. The molecule has 0 heterocycles. The molecule has 14 heteroatoms. The number of carboxylic acid groups (broad SMARTS) is 2. The number of sulfonamides is 1. The SMILES string of the molecule is CC(=O)CCSCC(=O)C(CC(=O)O)NC(=O)c1ccc(CNS(=O)(=O)c2ccc(O)c(C(=O)O)c2)cc1. The maximum absolute atomic E-state index is 12.6. The fourth-order valence-electron chi connectivity index (χ4n) is 3.04. The number of nitrogens with one attached hydrogen (secondary N) is 2. The topological polar surface area (TPSA) is 204 Å². The van der Waals surface area contributed by atoms with E-state index >= 15 is 0 Å². The Morgan fingerprint density at radius 2 is 1.66 bits per heavy atom. The fourth-order valence-corrected chi connectivity index (χ4v) is 5.06. The van der Waals surface area contributed by atoms with Crippen molar-refractivity contribution < 1.29 is 47.7 Å².